The molecule has 0 spiro atoms. The van der Waals surface area contributed by atoms with Crippen LogP contribution in [0.5, 0.6) is 0 Å². The van der Waals surface area contributed by atoms with E-state index in [1.165, 1.54) is 13.3 Å². The second-order valence-corrected chi connectivity index (χ2v) is 18.1. The van der Waals surface area contributed by atoms with Crippen LogP contribution in [-0.4, -0.2) is 161 Å². The van der Waals surface area contributed by atoms with Gasteiger partial charge in [0.25, 0.3) is 0 Å². The number of aliphatic carboxylic acids is 1. The Kier molecular flexibility index (Phi) is 31.8. The molecule has 0 aromatic carbocycles. The van der Waals surface area contributed by atoms with Crippen molar-refractivity contribution in [2.75, 3.05) is 33.3 Å². The highest BCUT2D eigenvalue weighted by molar-refractivity contribution is 5.73. The van der Waals surface area contributed by atoms with Crippen LogP contribution < -0.4 is 0 Å². The van der Waals surface area contributed by atoms with Crippen LogP contribution in [0.15, 0.2) is 5.16 Å². The molecule has 4 aliphatic rings. The van der Waals surface area contributed by atoms with Crippen molar-refractivity contribution in [3.63, 3.8) is 0 Å². The van der Waals surface area contributed by atoms with Gasteiger partial charge in [0.05, 0.1) is 20.0 Å². The average molecular weight is 970 g/mol. The molecule has 8 unspecified atom stereocenters. The minimum atomic E-state index is -0.863. The maximum absolute atomic E-state index is 12.0. The van der Waals surface area contributed by atoms with Crippen LogP contribution in [0.4, 0.5) is 19.2 Å². The first kappa shape index (κ1) is 61.2. The Morgan fingerprint density at radius 3 is 1.13 bits per heavy atom. The lowest BCUT2D eigenvalue weighted by atomic mass is 10.00. The van der Waals surface area contributed by atoms with E-state index in [1.54, 1.807) is 19.6 Å². The monoisotopic (exact) mass is 970 g/mol. The van der Waals surface area contributed by atoms with E-state index in [1.807, 2.05) is 55.4 Å². The number of methoxy groups -OCH3 is 1. The number of rotatable bonds is 16. The summed E-state index contributed by atoms with van der Waals surface area (Å²) in [7, 11) is 1.37. The summed E-state index contributed by atoms with van der Waals surface area (Å²) in [6.07, 6.45) is 16.9. The van der Waals surface area contributed by atoms with E-state index in [9.17, 15) is 33.6 Å². The van der Waals surface area contributed by atoms with Crippen LogP contribution in [-0.2, 0) is 38.1 Å². The van der Waals surface area contributed by atoms with Gasteiger partial charge in [0.15, 0.2) is 0 Å². The molecule has 0 aromatic rings. The molecule has 4 saturated heterocycles. The van der Waals surface area contributed by atoms with Gasteiger partial charge in [-0.1, -0.05) is 27.7 Å². The van der Waals surface area contributed by atoms with Crippen LogP contribution in [0.2, 0.25) is 0 Å². The third-order valence-electron chi connectivity index (χ3n) is 12.8. The van der Waals surface area contributed by atoms with Gasteiger partial charge < -0.3 is 58.4 Å². The lowest BCUT2D eigenvalue weighted by molar-refractivity contribution is -0.142. The molecule has 2 N–H and O–H groups in total. The number of hydrogen-bond donors (Lipinski definition) is 2. The predicted octanol–water partition coefficient (Wildman–Crippen LogP) is 9.58. The van der Waals surface area contributed by atoms with E-state index < -0.39 is 5.97 Å². The Morgan fingerprint density at radius 1 is 0.529 bits per heavy atom. The normalized spacial score (nSPS) is 22.1. The molecule has 0 bridgehead atoms. The molecule has 4 fully saturated rings. The molecule has 0 aliphatic carbocycles. The van der Waals surface area contributed by atoms with Crippen molar-refractivity contribution < 1.29 is 67.6 Å². The fourth-order valence-electron chi connectivity index (χ4n) is 7.93. The summed E-state index contributed by atoms with van der Waals surface area (Å²) in [5.41, 5.74) is 0. The highest BCUT2D eigenvalue weighted by Crippen LogP contribution is 2.24. The number of nitrogens with zero attached hydrogens (tertiary/aromatic N) is 5. The van der Waals surface area contributed by atoms with Crippen molar-refractivity contribution in [2.24, 2.45) is 5.16 Å². The topological polar surface area (TPSA) is 231 Å². The number of hydrogen-bond acceptors (Lipinski definition) is 14. The van der Waals surface area contributed by atoms with Crippen molar-refractivity contribution in [2.45, 2.75) is 232 Å². The Labute approximate surface area is 405 Å². The summed E-state index contributed by atoms with van der Waals surface area (Å²) in [4.78, 5) is 87.0. The number of ether oxygens (including phenoxy) is 5. The zero-order chi connectivity index (χ0) is 51.0. The third-order valence-corrected chi connectivity index (χ3v) is 12.8. The van der Waals surface area contributed by atoms with Crippen LogP contribution in [0.1, 0.15) is 184 Å². The Morgan fingerprint density at radius 2 is 0.838 bits per heavy atom. The Balaban J connectivity index is 0.000000454. The first-order valence-electron chi connectivity index (χ1n) is 25.3. The number of likely N-dealkylation sites (tertiary alicyclic amines) is 4. The molecule has 0 saturated carbocycles. The minimum Gasteiger partial charge on any atom is -0.481 e. The van der Waals surface area contributed by atoms with Crippen molar-refractivity contribution in [3.05, 3.63) is 0 Å². The molecule has 0 radical (unpaired) electrons. The number of aldehydes is 1. The molecule has 392 valence electrons. The Hall–Kier alpha value is -4.84. The first-order valence-corrected chi connectivity index (χ1v) is 25.3. The summed E-state index contributed by atoms with van der Waals surface area (Å²) >= 11 is 0. The molecule has 4 aliphatic heterocycles. The molecule has 4 heterocycles. The number of piperidine rings is 4. The number of oxime groups is 1. The number of carboxylic acid groups (broad SMARTS) is 1. The minimum absolute atomic E-state index is 0.00953. The summed E-state index contributed by atoms with van der Waals surface area (Å²) in [5, 5.41) is 20.3. The average Bonchev–Trinajstić information content (AvgIpc) is 3.34. The number of carboxylic acids is 1. The zero-order valence-corrected chi connectivity index (χ0v) is 42.8. The number of carbonyl (C=O) groups is 7. The van der Waals surface area contributed by atoms with E-state index in [0.717, 1.165) is 116 Å². The summed E-state index contributed by atoms with van der Waals surface area (Å²) < 4.78 is 25.8. The highest BCUT2D eigenvalue weighted by Gasteiger charge is 2.33. The van der Waals surface area contributed by atoms with Gasteiger partial charge in [0.2, 0.25) is 0 Å². The maximum Gasteiger partial charge on any atom is 0.410 e. The molecule has 0 aromatic heterocycles. The van der Waals surface area contributed by atoms with E-state index in [0.29, 0.717) is 32.5 Å². The molecule has 19 nitrogen and oxygen atoms in total. The summed E-state index contributed by atoms with van der Waals surface area (Å²) in [6.45, 7) is 18.1. The fourth-order valence-corrected chi connectivity index (χ4v) is 7.93. The Bertz CT molecular complexity index is 1520. The number of esters is 1. The predicted molar refractivity (Wildman–Crippen MR) is 257 cm³/mol. The van der Waals surface area contributed by atoms with Gasteiger partial charge in [-0.05, 0) is 130 Å². The standard InChI is InChI=1S/C13H23NO4.C12H22N2O3.C12H21NO4.C12H21NO3/c1-4-10(2)18-13(16)14-8-6-5-7-11(14)9-12(15)17-3;1-3-10(2)17-12(15)14-9-5-4-6-11(14)7-8-13-16;1-3-9(2)17-12(16)13-7-5-4-6-10(13)8-11(14)15;1-3-10(2)16-12(15)13-8-5-4-6-11(13)7-9-14/h10-11H,4-9H2,1-3H3;8,10-11,16H,3-7,9H2,1-2H3;9-10H,3-8H2,1-2H3,(H,14,15);9-11H,3-8H2,1-2H3/b;13-8+;;. The van der Waals surface area contributed by atoms with E-state index in [2.05, 4.69) is 9.89 Å². The fraction of sp³-hybridized carbons (Fsp3) is 0.837. The van der Waals surface area contributed by atoms with E-state index in [-0.39, 0.29) is 91.8 Å². The van der Waals surface area contributed by atoms with Gasteiger partial charge in [-0.15, -0.1) is 5.16 Å². The second-order valence-electron chi connectivity index (χ2n) is 18.1. The number of amides is 4. The van der Waals surface area contributed by atoms with E-state index >= 15 is 0 Å². The first-order chi connectivity index (χ1) is 32.5. The third kappa shape index (κ3) is 23.9. The van der Waals surface area contributed by atoms with Crippen LogP contribution >= 0.6 is 0 Å². The van der Waals surface area contributed by atoms with Gasteiger partial charge in [0.1, 0.15) is 30.7 Å². The largest absolute Gasteiger partial charge is 0.481 e. The van der Waals surface area contributed by atoms with Gasteiger partial charge in [-0.25, -0.2) is 19.2 Å². The lowest BCUT2D eigenvalue weighted by Gasteiger charge is -2.34. The van der Waals surface area contributed by atoms with Crippen molar-refractivity contribution >= 4 is 48.8 Å². The highest BCUT2D eigenvalue weighted by atomic mass is 16.6. The molecular formula is C49H87N5O14. The quantitative estimate of drug-likeness (QED) is 0.0366. The van der Waals surface area contributed by atoms with Crippen LogP contribution in [0, 0.1) is 0 Å². The SMILES string of the molecule is CCC(C)OC(=O)N1CCCCC1C/C=N/O.CCC(C)OC(=O)N1CCCCC1CC(=O)O.CCC(C)OC(=O)N1CCCCC1CC(=O)OC.CCC(C)OC(=O)N1CCCCC1CC=O. The molecule has 19 heteroatoms. The maximum atomic E-state index is 12.0. The number of carbonyl (C=O) groups excluding carboxylic acids is 6. The lowest BCUT2D eigenvalue weighted by Crippen LogP contribution is -2.45. The van der Waals surface area contributed by atoms with Crippen molar-refractivity contribution in [3.8, 4) is 0 Å². The smallest absolute Gasteiger partial charge is 0.410 e. The van der Waals surface area contributed by atoms with Crippen LogP contribution in [0.3, 0.4) is 0 Å². The van der Waals surface area contributed by atoms with Gasteiger partial charge in [-0.3, -0.25) is 9.59 Å². The van der Waals surface area contributed by atoms with Crippen molar-refractivity contribution in [1.82, 2.24) is 19.6 Å². The zero-order valence-electron chi connectivity index (χ0n) is 42.8. The molecule has 68 heavy (non-hydrogen) atoms. The second kappa shape index (κ2) is 35.3. The van der Waals surface area contributed by atoms with Gasteiger partial charge in [-0.2, -0.15) is 0 Å². The van der Waals surface area contributed by atoms with Crippen molar-refractivity contribution in [1.29, 1.82) is 0 Å². The molecular weight excluding hydrogens is 883 g/mol. The van der Waals surface area contributed by atoms with E-state index in [4.69, 9.17) is 29.3 Å². The van der Waals surface area contributed by atoms with Crippen LogP contribution in [0.25, 0.3) is 0 Å². The molecule has 4 amide bonds. The molecule has 4 rings (SSSR count). The summed E-state index contributed by atoms with van der Waals surface area (Å²) in [6, 6.07) is -0.139. The molecule has 8 atom stereocenters. The summed E-state index contributed by atoms with van der Waals surface area (Å²) in [5.74, 6) is -1.14. The van der Waals surface area contributed by atoms with Gasteiger partial charge in [0, 0.05) is 69.4 Å². The van der Waals surface area contributed by atoms with Gasteiger partial charge >= 0.3 is 36.3 Å².